The number of carbonyl (C=O) groups is 2. The first-order valence-corrected chi connectivity index (χ1v) is 6.21. The average molecular weight is 290 g/mol. The largest absolute Gasteiger partial charge is 0.476 e. The van der Waals surface area contributed by atoms with Crippen LogP contribution in [0.5, 0.6) is 0 Å². The van der Waals surface area contributed by atoms with Crippen LogP contribution in [0.1, 0.15) is 46.7 Å². The van der Waals surface area contributed by atoms with Crippen molar-refractivity contribution >= 4 is 11.9 Å². The van der Waals surface area contributed by atoms with Gasteiger partial charge in [0.25, 0.3) is 5.91 Å². The number of hydrogen-bond donors (Lipinski definition) is 2. The predicted molar refractivity (Wildman–Crippen MR) is 70.6 cm³/mol. The van der Waals surface area contributed by atoms with Crippen molar-refractivity contribution in [2.75, 3.05) is 0 Å². The van der Waals surface area contributed by atoms with Crippen molar-refractivity contribution < 1.29 is 14.7 Å². The van der Waals surface area contributed by atoms with Crippen LogP contribution in [0.3, 0.4) is 0 Å². The smallest absolute Gasteiger partial charge is 0.356 e. The Morgan fingerprint density at radius 2 is 1.90 bits per heavy atom. The van der Waals surface area contributed by atoms with Gasteiger partial charge < -0.3 is 10.4 Å². The lowest BCUT2D eigenvalue weighted by Gasteiger charge is -2.09. The van der Waals surface area contributed by atoms with E-state index < -0.39 is 11.9 Å². The first kappa shape index (κ1) is 14.6. The minimum absolute atomic E-state index is 0.0376. The van der Waals surface area contributed by atoms with E-state index in [-0.39, 0.29) is 24.0 Å². The molecule has 21 heavy (non-hydrogen) atoms. The number of aromatic nitrogens is 5. The number of carboxylic acid groups (broad SMARTS) is 1. The molecule has 9 nitrogen and oxygen atoms in total. The van der Waals surface area contributed by atoms with Crippen LogP contribution in [0.2, 0.25) is 0 Å². The fraction of sp³-hybridized carbons (Fsp3) is 0.333. The summed E-state index contributed by atoms with van der Waals surface area (Å²) >= 11 is 0. The van der Waals surface area contributed by atoms with Crippen molar-refractivity contribution in [1.82, 2.24) is 30.0 Å². The Labute approximate surface area is 120 Å². The molecule has 0 radical (unpaired) electrons. The van der Waals surface area contributed by atoms with Crippen LogP contribution in [-0.4, -0.2) is 41.7 Å². The van der Waals surface area contributed by atoms with E-state index in [0.29, 0.717) is 5.82 Å². The molecule has 2 aromatic rings. The Balaban J connectivity index is 2.01. The van der Waals surface area contributed by atoms with Gasteiger partial charge in [0, 0.05) is 6.04 Å². The number of carboxylic acids is 1. The Morgan fingerprint density at radius 3 is 2.48 bits per heavy atom. The van der Waals surface area contributed by atoms with Crippen LogP contribution < -0.4 is 5.32 Å². The Kier molecular flexibility index (Phi) is 4.21. The normalized spacial score (nSPS) is 10.6. The van der Waals surface area contributed by atoms with E-state index in [1.165, 1.54) is 6.33 Å². The van der Waals surface area contributed by atoms with Gasteiger partial charge in [-0.2, -0.15) is 5.10 Å². The third kappa shape index (κ3) is 3.38. The molecule has 2 aromatic heterocycles. The lowest BCUT2D eigenvalue weighted by Crippen LogP contribution is -2.26. The van der Waals surface area contributed by atoms with Gasteiger partial charge in [-0.3, -0.25) is 4.79 Å². The van der Waals surface area contributed by atoms with E-state index in [1.54, 1.807) is 4.68 Å². The van der Waals surface area contributed by atoms with Crippen molar-refractivity contribution in [2.24, 2.45) is 0 Å². The van der Waals surface area contributed by atoms with Crippen LogP contribution in [0.25, 0.3) is 0 Å². The fourth-order valence-electron chi connectivity index (χ4n) is 1.64. The first-order valence-electron chi connectivity index (χ1n) is 6.21. The quantitative estimate of drug-likeness (QED) is 0.810. The molecule has 0 aliphatic heterocycles. The summed E-state index contributed by atoms with van der Waals surface area (Å²) in [4.78, 5) is 34.0. The number of rotatable bonds is 5. The number of aromatic carboxylic acids is 1. The second-order valence-corrected chi connectivity index (χ2v) is 4.49. The molecule has 9 heteroatoms. The van der Waals surface area contributed by atoms with Crippen molar-refractivity contribution in [2.45, 2.75) is 26.4 Å². The van der Waals surface area contributed by atoms with Gasteiger partial charge in [-0.15, -0.1) is 0 Å². The first-order chi connectivity index (χ1) is 9.99. The molecule has 0 saturated carbocycles. The summed E-state index contributed by atoms with van der Waals surface area (Å²) in [6.07, 6.45) is 3.57. The van der Waals surface area contributed by atoms with Gasteiger partial charge in [0.1, 0.15) is 17.8 Å². The molecular weight excluding hydrogens is 276 g/mol. The van der Waals surface area contributed by atoms with Gasteiger partial charge in [0.05, 0.1) is 18.9 Å². The zero-order valence-electron chi connectivity index (χ0n) is 11.5. The predicted octanol–water partition coefficient (Wildman–Crippen LogP) is 0.277. The lowest BCUT2D eigenvalue weighted by molar-refractivity contribution is 0.0689. The minimum atomic E-state index is -1.19. The summed E-state index contributed by atoms with van der Waals surface area (Å²) in [6, 6.07) is 0.133. The minimum Gasteiger partial charge on any atom is -0.476 e. The highest BCUT2D eigenvalue weighted by Crippen LogP contribution is 2.05. The summed E-state index contributed by atoms with van der Waals surface area (Å²) in [5.41, 5.74) is -0.179. The zero-order chi connectivity index (χ0) is 15.4. The van der Waals surface area contributed by atoms with Crippen molar-refractivity contribution in [3.05, 3.63) is 35.9 Å². The Bertz CT molecular complexity index is 649. The number of nitrogens with one attached hydrogen (secondary N) is 1. The molecular formula is C12H14N6O3. The highest BCUT2D eigenvalue weighted by atomic mass is 16.4. The van der Waals surface area contributed by atoms with E-state index in [9.17, 15) is 9.59 Å². The third-order valence-corrected chi connectivity index (χ3v) is 2.65. The molecule has 110 valence electrons. The summed E-state index contributed by atoms with van der Waals surface area (Å²) in [5, 5.41) is 15.4. The number of carbonyl (C=O) groups excluding carboxylic acids is 1. The molecule has 2 heterocycles. The van der Waals surface area contributed by atoms with Crippen LogP contribution in [0, 0.1) is 0 Å². The molecule has 0 aliphatic carbocycles. The fourth-order valence-corrected chi connectivity index (χ4v) is 1.64. The van der Waals surface area contributed by atoms with Crippen molar-refractivity contribution in [3.8, 4) is 0 Å². The summed E-state index contributed by atoms with van der Waals surface area (Å²) in [6.45, 7) is 4.10. The van der Waals surface area contributed by atoms with Gasteiger partial charge in [-0.1, -0.05) is 0 Å². The van der Waals surface area contributed by atoms with Crippen LogP contribution in [0.15, 0.2) is 18.7 Å². The van der Waals surface area contributed by atoms with Crippen LogP contribution in [-0.2, 0) is 6.54 Å². The van der Waals surface area contributed by atoms with E-state index in [0.717, 1.165) is 12.4 Å². The molecule has 0 atom stereocenters. The maximum atomic E-state index is 11.9. The molecule has 2 rings (SSSR count). The summed E-state index contributed by atoms with van der Waals surface area (Å²) in [7, 11) is 0. The number of nitrogens with zero attached hydrogens (tertiary/aromatic N) is 5. The SMILES string of the molecule is CC(C)n1ncnc1CNC(=O)c1cnc(C(=O)O)cn1. The number of amides is 1. The maximum absolute atomic E-state index is 11.9. The molecule has 0 saturated heterocycles. The van der Waals surface area contributed by atoms with E-state index in [1.807, 2.05) is 13.8 Å². The van der Waals surface area contributed by atoms with Gasteiger partial charge in [-0.25, -0.2) is 24.4 Å². The van der Waals surface area contributed by atoms with E-state index >= 15 is 0 Å². The van der Waals surface area contributed by atoms with Crippen LogP contribution >= 0.6 is 0 Å². The zero-order valence-corrected chi connectivity index (χ0v) is 11.5. The Hall–Kier alpha value is -2.84. The molecule has 0 aliphatic rings. The second-order valence-electron chi connectivity index (χ2n) is 4.49. The molecule has 0 spiro atoms. The number of hydrogen-bond acceptors (Lipinski definition) is 6. The van der Waals surface area contributed by atoms with Crippen molar-refractivity contribution in [3.63, 3.8) is 0 Å². The lowest BCUT2D eigenvalue weighted by atomic mass is 10.3. The molecule has 1 amide bonds. The van der Waals surface area contributed by atoms with Crippen molar-refractivity contribution in [1.29, 1.82) is 0 Å². The van der Waals surface area contributed by atoms with Gasteiger partial charge >= 0.3 is 5.97 Å². The van der Waals surface area contributed by atoms with E-state index in [4.69, 9.17) is 5.11 Å². The molecule has 0 bridgehead atoms. The van der Waals surface area contributed by atoms with E-state index in [2.05, 4.69) is 25.4 Å². The average Bonchev–Trinajstić information content (AvgIpc) is 2.93. The summed E-state index contributed by atoms with van der Waals surface area (Å²) < 4.78 is 1.69. The van der Waals surface area contributed by atoms with Crippen LogP contribution in [0.4, 0.5) is 0 Å². The van der Waals surface area contributed by atoms with Gasteiger partial charge in [0.2, 0.25) is 0 Å². The highest BCUT2D eigenvalue weighted by molar-refractivity contribution is 5.92. The summed E-state index contributed by atoms with van der Waals surface area (Å²) in [5.74, 6) is -1.04. The Morgan fingerprint density at radius 1 is 1.24 bits per heavy atom. The third-order valence-electron chi connectivity index (χ3n) is 2.65. The molecule has 0 unspecified atom stereocenters. The maximum Gasteiger partial charge on any atom is 0.356 e. The molecule has 2 N–H and O–H groups in total. The van der Waals surface area contributed by atoms with Gasteiger partial charge in [-0.05, 0) is 13.8 Å². The van der Waals surface area contributed by atoms with Gasteiger partial charge in [0.15, 0.2) is 5.69 Å². The second kappa shape index (κ2) is 6.07. The standard InChI is InChI=1S/C12H14N6O3/c1-7(2)18-10(16-6-17-18)5-15-11(19)8-3-14-9(4-13-8)12(20)21/h3-4,6-7H,5H2,1-2H3,(H,15,19)(H,20,21). The monoisotopic (exact) mass is 290 g/mol. The molecule has 0 fully saturated rings. The topological polar surface area (TPSA) is 123 Å². The highest BCUT2D eigenvalue weighted by Gasteiger charge is 2.13. The molecule has 0 aromatic carbocycles.